The Kier molecular flexibility index (Phi) is 6.85. The van der Waals surface area contributed by atoms with Gasteiger partial charge in [-0.05, 0) is 23.6 Å². The van der Waals surface area contributed by atoms with Crippen LogP contribution >= 0.6 is 0 Å². The average molecular weight is 418 g/mol. The number of aliphatic hydroxyl groups excluding tert-OH is 1. The summed E-state index contributed by atoms with van der Waals surface area (Å²) in [7, 11) is 1.13. The third kappa shape index (κ3) is 4.78. The summed E-state index contributed by atoms with van der Waals surface area (Å²) in [6, 6.07) is 3.50. The molecular formula is C20H18O10. The van der Waals surface area contributed by atoms with Gasteiger partial charge in [0.05, 0.1) is 24.7 Å². The third-order valence-electron chi connectivity index (χ3n) is 3.73. The zero-order valence-corrected chi connectivity index (χ0v) is 16.6. The van der Waals surface area contributed by atoms with Crippen molar-refractivity contribution in [1.29, 1.82) is 0 Å². The van der Waals surface area contributed by atoms with E-state index >= 15 is 0 Å². The number of ether oxygens (including phenoxy) is 4. The highest BCUT2D eigenvalue weighted by Crippen LogP contribution is 2.43. The largest absolute Gasteiger partial charge is 0.465 e. The first-order valence-corrected chi connectivity index (χ1v) is 8.51. The molecule has 0 saturated heterocycles. The summed E-state index contributed by atoms with van der Waals surface area (Å²) < 4.78 is 19.9. The van der Waals surface area contributed by atoms with Gasteiger partial charge in [0.25, 0.3) is 0 Å². The minimum Gasteiger partial charge on any atom is -0.465 e. The molecule has 10 nitrogen and oxygen atoms in total. The topological polar surface area (TPSA) is 143 Å². The van der Waals surface area contributed by atoms with Crippen LogP contribution in [0.4, 0.5) is 0 Å². The van der Waals surface area contributed by atoms with E-state index < -0.39 is 47.4 Å². The second kappa shape index (κ2) is 9.14. The van der Waals surface area contributed by atoms with Crippen molar-refractivity contribution in [1.82, 2.24) is 0 Å². The summed E-state index contributed by atoms with van der Waals surface area (Å²) in [6.45, 7) is 2.43. The van der Waals surface area contributed by atoms with Gasteiger partial charge >= 0.3 is 23.9 Å². The lowest BCUT2D eigenvalue weighted by Crippen LogP contribution is -2.14. The lowest BCUT2D eigenvalue weighted by Gasteiger charge is -2.14. The van der Waals surface area contributed by atoms with Gasteiger partial charge in [0, 0.05) is 26.3 Å². The molecule has 0 fully saturated rings. The maximum absolute atomic E-state index is 13.0. The van der Waals surface area contributed by atoms with E-state index in [1.807, 2.05) is 0 Å². The van der Waals surface area contributed by atoms with Gasteiger partial charge in [-0.25, -0.2) is 4.79 Å². The van der Waals surface area contributed by atoms with Crippen molar-refractivity contribution in [2.45, 2.75) is 27.4 Å². The minimum absolute atomic E-state index is 0.00324. The van der Waals surface area contributed by atoms with E-state index in [0.29, 0.717) is 0 Å². The van der Waals surface area contributed by atoms with E-state index in [-0.39, 0.29) is 27.6 Å². The monoisotopic (exact) mass is 418 g/mol. The molecule has 30 heavy (non-hydrogen) atoms. The van der Waals surface area contributed by atoms with Gasteiger partial charge in [0.1, 0.15) is 0 Å². The lowest BCUT2D eigenvalue weighted by molar-refractivity contribution is -0.135. The highest BCUT2D eigenvalue weighted by molar-refractivity contribution is 6.00. The normalized spacial score (nSPS) is 10.3. The molecule has 0 unspecified atom stereocenters. The lowest BCUT2D eigenvalue weighted by atomic mass is 10.1. The first kappa shape index (κ1) is 22.5. The molecule has 0 bridgehead atoms. The van der Waals surface area contributed by atoms with E-state index in [2.05, 4.69) is 4.74 Å². The second-order valence-electron chi connectivity index (χ2n) is 6.03. The zero-order valence-electron chi connectivity index (χ0n) is 16.6. The highest BCUT2D eigenvalue weighted by Gasteiger charge is 2.25. The van der Waals surface area contributed by atoms with Crippen LogP contribution in [-0.2, 0) is 25.7 Å². The molecule has 0 aliphatic heterocycles. The van der Waals surface area contributed by atoms with E-state index in [1.54, 1.807) is 0 Å². The number of aliphatic hydroxyl groups is 1. The Morgan fingerprint density at radius 1 is 0.867 bits per heavy atom. The summed E-state index contributed by atoms with van der Waals surface area (Å²) in [6.07, 6.45) is 0. The van der Waals surface area contributed by atoms with Crippen LogP contribution in [0, 0.1) is 0 Å². The predicted molar refractivity (Wildman–Crippen MR) is 101 cm³/mol. The molecule has 0 aliphatic carbocycles. The molecule has 10 heteroatoms. The molecular weight excluding hydrogens is 400 g/mol. The van der Waals surface area contributed by atoms with Gasteiger partial charge in [0.15, 0.2) is 16.9 Å². The van der Waals surface area contributed by atoms with Crippen molar-refractivity contribution in [3.8, 4) is 17.2 Å². The SMILES string of the molecule is COC(=O)c1cc(CO)c(=O)c2c(OC(C)=O)c(OC(C)=O)c(OC(C)=O)cc2c1. The van der Waals surface area contributed by atoms with E-state index in [9.17, 15) is 29.1 Å². The molecule has 0 saturated carbocycles. The minimum atomic E-state index is -0.866. The molecule has 0 spiro atoms. The maximum Gasteiger partial charge on any atom is 0.337 e. The van der Waals surface area contributed by atoms with Crippen molar-refractivity contribution in [3.63, 3.8) is 0 Å². The number of esters is 4. The Balaban J connectivity index is 3.14. The number of hydrogen-bond acceptors (Lipinski definition) is 10. The van der Waals surface area contributed by atoms with Crippen LogP contribution in [0.5, 0.6) is 17.2 Å². The highest BCUT2D eigenvalue weighted by atomic mass is 16.6. The summed E-state index contributed by atoms with van der Waals surface area (Å²) in [4.78, 5) is 59.9. The van der Waals surface area contributed by atoms with Gasteiger partial charge in [-0.2, -0.15) is 0 Å². The molecule has 2 rings (SSSR count). The van der Waals surface area contributed by atoms with Crippen LogP contribution in [0.15, 0.2) is 23.0 Å². The van der Waals surface area contributed by atoms with Crippen molar-refractivity contribution in [3.05, 3.63) is 39.5 Å². The number of carbonyl (C=O) groups is 4. The fourth-order valence-corrected chi connectivity index (χ4v) is 2.67. The van der Waals surface area contributed by atoms with Gasteiger partial charge in [-0.15, -0.1) is 0 Å². The van der Waals surface area contributed by atoms with Crippen molar-refractivity contribution >= 4 is 34.6 Å². The molecule has 2 aromatic rings. The quantitative estimate of drug-likeness (QED) is 0.557. The van der Waals surface area contributed by atoms with Crippen LogP contribution in [0.2, 0.25) is 0 Å². The van der Waals surface area contributed by atoms with Gasteiger partial charge < -0.3 is 24.1 Å². The summed E-state index contributed by atoms with van der Waals surface area (Å²) in [5.41, 5.74) is -1.12. The van der Waals surface area contributed by atoms with E-state index in [1.165, 1.54) is 6.07 Å². The van der Waals surface area contributed by atoms with Crippen LogP contribution in [0.1, 0.15) is 36.7 Å². The molecule has 158 valence electrons. The predicted octanol–water partition coefficient (Wildman–Crippen LogP) is 1.25. The van der Waals surface area contributed by atoms with Crippen molar-refractivity contribution in [2.75, 3.05) is 7.11 Å². The number of carbonyl (C=O) groups excluding carboxylic acids is 4. The van der Waals surface area contributed by atoms with Crippen LogP contribution in [-0.4, -0.2) is 36.1 Å². The number of benzene rings is 1. The average Bonchev–Trinajstić information content (AvgIpc) is 2.79. The molecule has 2 aromatic carbocycles. The molecule has 0 heterocycles. The first-order valence-electron chi connectivity index (χ1n) is 8.51. The number of rotatable bonds is 5. The standard InChI is InChI=1S/C20H18O10/c1-9(22)28-15-7-12-5-13(20(26)27-4)6-14(8-21)17(25)16(12)19(30-11(3)24)18(15)29-10(2)23/h5-7,21H,8H2,1-4H3. The molecule has 0 atom stereocenters. The maximum atomic E-state index is 13.0. The number of fused-ring (bicyclic) bond motifs is 1. The molecule has 1 N–H and O–H groups in total. The molecule has 0 radical (unpaired) electrons. The summed E-state index contributed by atoms with van der Waals surface area (Å²) >= 11 is 0. The fourth-order valence-electron chi connectivity index (χ4n) is 2.67. The number of hydrogen-bond donors (Lipinski definition) is 1. The Labute approximate surface area is 169 Å². The van der Waals surface area contributed by atoms with Gasteiger partial charge in [0.2, 0.25) is 5.75 Å². The van der Waals surface area contributed by atoms with E-state index in [0.717, 1.165) is 40.0 Å². The Bertz CT molecular complexity index is 1120. The second-order valence-corrected chi connectivity index (χ2v) is 6.03. The smallest absolute Gasteiger partial charge is 0.337 e. The Hall–Kier alpha value is -3.79. The molecule has 0 amide bonds. The van der Waals surface area contributed by atoms with Gasteiger partial charge in [-0.3, -0.25) is 19.2 Å². The summed E-state index contributed by atoms with van der Waals surface area (Å²) in [5, 5.41) is 9.34. The fraction of sp³-hybridized carbons (Fsp3) is 0.250. The van der Waals surface area contributed by atoms with Crippen molar-refractivity contribution in [2.24, 2.45) is 0 Å². The third-order valence-corrected chi connectivity index (χ3v) is 3.73. The summed E-state index contributed by atoms with van der Waals surface area (Å²) in [5.74, 6) is -4.62. The van der Waals surface area contributed by atoms with Crippen LogP contribution in [0.25, 0.3) is 10.8 Å². The van der Waals surface area contributed by atoms with E-state index in [4.69, 9.17) is 14.2 Å². The van der Waals surface area contributed by atoms with Crippen molar-refractivity contribution < 1.29 is 43.2 Å². The van der Waals surface area contributed by atoms with Crippen LogP contribution < -0.4 is 19.6 Å². The van der Waals surface area contributed by atoms with Crippen LogP contribution in [0.3, 0.4) is 0 Å². The molecule has 0 aromatic heterocycles. The molecule has 0 aliphatic rings. The Morgan fingerprint density at radius 3 is 1.93 bits per heavy atom. The Morgan fingerprint density at radius 2 is 1.43 bits per heavy atom. The first-order chi connectivity index (χ1) is 14.1. The number of methoxy groups -OCH3 is 1. The zero-order chi connectivity index (χ0) is 22.6. The van der Waals surface area contributed by atoms with Gasteiger partial charge in [-0.1, -0.05) is 0 Å².